The van der Waals surface area contributed by atoms with Gasteiger partial charge in [0.05, 0.1) is 25.7 Å². The van der Waals surface area contributed by atoms with Crippen molar-refractivity contribution in [3.05, 3.63) is 102 Å². The average Bonchev–Trinajstić information content (AvgIpc) is 3.90. The Morgan fingerprint density at radius 3 is 2.16 bits per heavy atom. The Labute approximate surface area is 332 Å². The van der Waals surface area contributed by atoms with Crippen LogP contribution in [0.3, 0.4) is 0 Å². The number of hydrogen-bond acceptors (Lipinski definition) is 9. The first kappa shape index (κ1) is 40.8. The lowest BCUT2D eigenvalue weighted by Gasteiger charge is -2.33. The monoisotopic (exact) mass is 781 g/mol. The van der Waals surface area contributed by atoms with Gasteiger partial charge in [-0.3, -0.25) is 19.4 Å². The van der Waals surface area contributed by atoms with Gasteiger partial charge in [-0.2, -0.15) is 0 Å². The van der Waals surface area contributed by atoms with E-state index in [1.165, 1.54) is 4.90 Å². The predicted octanol–water partition coefficient (Wildman–Crippen LogP) is 6.17. The predicted molar refractivity (Wildman–Crippen MR) is 212 cm³/mol. The molecule has 5 amide bonds. The number of hydrogen-bond donors (Lipinski definition) is 3. The Kier molecular flexibility index (Phi) is 12.5. The number of nitrogens with one attached hydrogen (secondary N) is 3. The highest BCUT2D eigenvalue weighted by Gasteiger charge is 2.45. The number of nitrogens with zero attached hydrogens (tertiary/aromatic N) is 2. The van der Waals surface area contributed by atoms with E-state index in [0.29, 0.717) is 37.4 Å². The van der Waals surface area contributed by atoms with Gasteiger partial charge in [0, 0.05) is 18.2 Å². The van der Waals surface area contributed by atoms with E-state index in [9.17, 15) is 24.0 Å². The van der Waals surface area contributed by atoms with Gasteiger partial charge in [0.2, 0.25) is 11.8 Å². The zero-order valence-electron chi connectivity index (χ0n) is 33.0. The van der Waals surface area contributed by atoms with Gasteiger partial charge in [-0.1, -0.05) is 86.7 Å². The van der Waals surface area contributed by atoms with Crippen molar-refractivity contribution in [2.24, 2.45) is 5.92 Å². The summed E-state index contributed by atoms with van der Waals surface area (Å²) in [6.07, 6.45) is -2.03. The van der Waals surface area contributed by atoms with Gasteiger partial charge < -0.3 is 34.9 Å². The minimum Gasteiger partial charge on any atom is -0.449 e. The molecule has 3 aromatic carbocycles. The minimum atomic E-state index is -0.931. The normalized spacial score (nSPS) is 18.1. The zero-order chi connectivity index (χ0) is 40.9. The van der Waals surface area contributed by atoms with Gasteiger partial charge in [0.15, 0.2) is 6.23 Å². The van der Waals surface area contributed by atoms with E-state index in [2.05, 4.69) is 34.7 Å². The second-order valence-corrected chi connectivity index (χ2v) is 15.8. The molecule has 3 atom stereocenters. The fourth-order valence-electron chi connectivity index (χ4n) is 7.30. The van der Waals surface area contributed by atoms with Crippen molar-refractivity contribution >= 4 is 35.8 Å². The number of ether oxygens (including phenoxy) is 4. The van der Waals surface area contributed by atoms with Crippen molar-refractivity contribution in [1.82, 2.24) is 20.4 Å². The van der Waals surface area contributed by atoms with Gasteiger partial charge in [0.1, 0.15) is 24.9 Å². The number of carbonyl (C=O) groups excluding carboxylic acids is 5. The van der Waals surface area contributed by atoms with Crippen LogP contribution in [0, 0.1) is 5.92 Å². The van der Waals surface area contributed by atoms with Crippen molar-refractivity contribution in [3.8, 4) is 11.1 Å². The molecule has 6 rings (SSSR count). The Hall–Kier alpha value is -5.89. The maximum absolute atomic E-state index is 13.2. The fourth-order valence-corrected chi connectivity index (χ4v) is 7.30. The molecule has 3 N–H and O–H groups in total. The Balaban J connectivity index is 0.940. The van der Waals surface area contributed by atoms with Crippen molar-refractivity contribution in [2.75, 3.05) is 38.2 Å². The molecule has 3 aromatic rings. The zero-order valence-corrected chi connectivity index (χ0v) is 33.0. The van der Waals surface area contributed by atoms with Crippen LogP contribution in [0.25, 0.3) is 11.1 Å². The topological polar surface area (TPSA) is 165 Å². The number of amides is 5. The molecule has 0 spiro atoms. The Bertz CT molecular complexity index is 1950. The molecular formula is C43H51N5O9. The number of benzene rings is 3. The largest absolute Gasteiger partial charge is 0.449 e. The van der Waals surface area contributed by atoms with Crippen LogP contribution in [0.1, 0.15) is 63.6 Å². The maximum Gasteiger partial charge on any atom is 0.412 e. The molecular weight excluding hydrogens is 730 g/mol. The summed E-state index contributed by atoms with van der Waals surface area (Å²) < 4.78 is 22.7. The van der Waals surface area contributed by atoms with Crippen LogP contribution in [0.15, 0.2) is 84.9 Å². The van der Waals surface area contributed by atoms with Crippen LogP contribution in [-0.4, -0.2) is 96.7 Å². The van der Waals surface area contributed by atoms with Gasteiger partial charge >= 0.3 is 18.3 Å². The third-order valence-corrected chi connectivity index (χ3v) is 10.0. The minimum absolute atomic E-state index is 0.0350. The third-order valence-electron chi connectivity index (χ3n) is 10.0. The molecule has 3 unspecified atom stereocenters. The maximum atomic E-state index is 13.2. The van der Waals surface area contributed by atoms with E-state index < -0.39 is 54.0 Å². The molecule has 57 heavy (non-hydrogen) atoms. The van der Waals surface area contributed by atoms with Gasteiger partial charge in [-0.25, -0.2) is 14.4 Å². The molecule has 2 aliphatic heterocycles. The van der Waals surface area contributed by atoms with Crippen LogP contribution >= 0.6 is 0 Å². The van der Waals surface area contributed by atoms with Gasteiger partial charge in [-0.15, -0.1) is 0 Å². The molecule has 3 aliphatic rings. The highest BCUT2D eigenvalue weighted by Crippen LogP contribution is 2.44. The van der Waals surface area contributed by atoms with Crippen molar-refractivity contribution < 1.29 is 42.9 Å². The lowest BCUT2D eigenvalue weighted by Crippen LogP contribution is -2.51. The highest BCUT2D eigenvalue weighted by molar-refractivity contribution is 5.96. The molecule has 0 aromatic heterocycles. The summed E-state index contributed by atoms with van der Waals surface area (Å²) in [4.78, 5) is 67.9. The molecule has 14 heteroatoms. The molecule has 0 radical (unpaired) electrons. The second-order valence-electron chi connectivity index (χ2n) is 15.8. The number of anilines is 1. The number of carbonyl (C=O) groups is 5. The van der Waals surface area contributed by atoms with Gasteiger partial charge in [0.25, 0.3) is 0 Å². The summed E-state index contributed by atoms with van der Waals surface area (Å²) >= 11 is 0. The SMILES string of the molecule is C=C1CC(C2OCCN2C(=O)OCc2ccc(NC(=O)CNC(=O)C(NC(=O)OCC3c4ccccc4-c4ccccc43)C(C)C)cc2)N(C(=O)OC(C)(C)C)C1. The molecule has 1 aliphatic carbocycles. The van der Waals surface area contributed by atoms with Crippen molar-refractivity contribution in [1.29, 1.82) is 0 Å². The highest BCUT2D eigenvalue weighted by atomic mass is 16.6. The van der Waals surface area contributed by atoms with E-state index >= 15 is 0 Å². The number of alkyl carbamates (subject to hydrolysis) is 1. The van der Waals surface area contributed by atoms with Crippen molar-refractivity contribution in [3.63, 3.8) is 0 Å². The van der Waals surface area contributed by atoms with E-state index in [4.69, 9.17) is 18.9 Å². The summed E-state index contributed by atoms with van der Waals surface area (Å²) in [5.74, 6) is -1.40. The van der Waals surface area contributed by atoms with Crippen LogP contribution in [0.4, 0.5) is 20.1 Å². The molecule has 2 saturated heterocycles. The molecule has 302 valence electrons. The summed E-state index contributed by atoms with van der Waals surface area (Å²) in [5, 5.41) is 7.99. The Morgan fingerprint density at radius 2 is 1.53 bits per heavy atom. The first-order valence-corrected chi connectivity index (χ1v) is 19.2. The van der Waals surface area contributed by atoms with Gasteiger partial charge in [-0.05, 0) is 73.1 Å². The smallest absolute Gasteiger partial charge is 0.412 e. The first-order valence-electron chi connectivity index (χ1n) is 19.2. The molecule has 0 saturated carbocycles. The lowest BCUT2D eigenvalue weighted by atomic mass is 9.98. The second kappa shape index (κ2) is 17.5. The summed E-state index contributed by atoms with van der Waals surface area (Å²) in [6, 6.07) is 21.4. The third kappa shape index (κ3) is 9.92. The van der Waals surface area contributed by atoms with E-state index in [-0.39, 0.29) is 31.6 Å². The van der Waals surface area contributed by atoms with Crippen molar-refractivity contribution in [2.45, 2.75) is 77.5 Å². The first-order chi connectivity index (χ1) is 27.2. The lowest BCUT2D eigenvalue weighted by molar-refractivity contribution is -0.126. The van der Waals surface area contributed by atoms with E-state index in [1.807, 2.05) is 36.4 Å². The Morgan fingerprint density at radius 1 is 0.877 bits per heavy atom. The van der Waals surface area contributed by atoms with Crippen LogP contribution in [0.5, 0.6) is 0 Å². The number of likely N-dealkylation sites (tertiary alicyclic amines) is 1. The quantitative estimate of drug-likeness (QED) is 0.153. The molecule has 2 fully saturated rings. The van der Waals surface area contributed by atoms with E-state index in [1.54, 1.807) is 63.8 Å². The summed E-state index contributed by atoms with van der Waals surface area (Å²) in [7, 11) is 0. The molecule has 2 heterocycles. The molecule has 14 nitrogen and oxygen atoms in total. The number of rotatable bonds is 11. The molecule has 0 bridgehead atoms. The standard InChI is InChI=1S/C43H51N5O9/c1-26(2)37(46-40(51)55-25-34-32-13-9-7-11-30(32)31-12-8-10-14-33(31)34)38(50)44-22-36(49)45-29-17-15-28(16-18-29)24-56-41(52)47-19-20-54-39(47)35-21-27(3)23-48(35)42(53)57-43(4,5)6/h7-18,26,34-35,37,39H,3,19-25H2,1-2,4-6H3,(H,44,50)(H,45,49)(H,46,51). The summed E-state index contributed by atoms with van der Waals surface area (Å²) in [6.45, 7) is 13.7. The summed E-state index contributed by atoms with van der Waals surface area (Å²) in [5.41, 5.74) is 5.69. The average molecular weight is 782 g/mol. The van der Waals surface area contributed by atoms with Crippen LogP contribution in [0.2, 0.25) is 0 Å². The van der Waals surface area contributed by atoms with Crippen LogP contribution in [-0.2, 0) is 35.1 Å². The van der Waals surface area contributed by atoms with Crippen LogP contribution < -0.4 is 16.0 Å². The fraction of sp³-hybridized carbons (Fsp3) is 0.419. The number of fused-ring (bicyclic) bond motifs is 3. The van der Waals surface area contributed by atoms with E-state index in [0.717, 1.165) is 27.8 Å².